The van der Waals surface area contributed by atoms with E-state index in [1.54, 1.807) is 6.20 Å². The Balaban J connectivity index is 1.33. The summed E-state index contributed by atoms with van der Waals surface area (Å²) in [7, 11) is 0. The Labute approximate surface area is 158 Å². The number of carbonyl (C=O) groups is 1. The molecule has 2 aliphatic heterocycles. The topological polar surface area (TPSA) is 84.2 Å². The van der Waals surface area contributed by atoms with Crippen molar-refractivity contribution in [2.45, 2.75) is 63.3 Å². The van der Waals surface area contributed by atoms with Crippen molar-refractivity contribution in [1.29, 1.82) is 0 Å². The van der Waals surface area contributed by atoms with Gasteiger partial charge in [0.05, 0.1) is 36.5 Å². The molecule has 7 nitrogen and oxygen atoms in total. The van der Waals surface area contributed by atoms with E-state index in [4.69, 9.17) is 14.1 Å². The summed E-state index contributed by atoms with van der Waals surface area (Å²) in [5, 5.41) is 7.30. The van der Waals surface area contributed by atoms with Crippen LogP contribution in [0, 0.1) is 0 Å². The number of aromatic nitrogens is 3. The zero-order valence-electron chi connectivity index (χ0n) is 15.6. The number of nitrogens with zero attached hydrogens (tertiary/aromatic N) is 3. The van der Waals surface area contributed by atoms with Gasteiger partial charge in [0.1, 0.15) is 11.5 Å². The van der Waals surface area contributed by atoms with Crippen LogP contribution in [-0.4, -0.2) is 45.7 Å². The molecule has 7 heteroatoms. The number of aromatic amines is 1. The smallest absolute Gasteiger partial charge is 0.257 e. The Hall–Kier alpha value is -2.15. The molecule has 1 unspecified atom stereocenters. The number of amides is 1. The third kappa shape index (κ3) is 3.18. The van der Waals surface area contributed by atoms with Gasteiger partial charge < -0.3 is 14.1 Å². The Morgan fingerprint density at radius 2 is 2.07 bits per heavy atom. The second kappa shape index (κ2) is 7.11. The van der Waals surface area contributed by atoms with Crippen molar-refractivity contribution in [2.24, 2.45) is 0 Å². The van der Waals surface area contributed by atoms with Gasteiger partial charge in [-0.1, -0.05) is 19.3 Å². The maximum absolute atomic E-state index is 13.2. The molecule has 1 saturated carbocycles. The number of oxazole rings is 1. The lowest BCUT2D eigenvalue weighted by atomic mass is 9.85. The number of hydrogen-bond donors (Lipinski definition) is 1. The first kappa shape index (κ1) is 17.0. The number of carbonyl (C=O) groups excluding carboxylic acids is 1. The highest BCUT2D eigenvalue weighted by molar-refractivity contribution is 5.95. The van der Waals surface area contributed by atoms with Gasteiger partial charge in [0.2, 0.25) is 0 Å². The van der Waals surface area contributed by atoms with Crippen molar-refractivity contribution >= 4 is 5.91 Å². The highest BCUT2D eigenvalue weighted by atomic mass is 16.5. The Morgan fingerprint density at radius 3 is 2.89 bits per heavy atom. The fourth-order valence-electron chi connectivity index (χ4n) is 4.64. The van der Waals surface area contributed by atoms with E-state index in [0.717, 1.165) is 60.9 Å². The van der Waals surface area contributed by atoms with Crippen molar-refractivity contribution in [3.8, 4) is 0 Å². The highest BCUT2D eigenvalue weighted by Crippen LogP contribution is 2.34. The Kier molecular flexibility index (Phi) is 4.47. The highest BCUT2D eigenvalue weighted by Gasteiger charge is 2.32. The van der Waals surface area contributed by atoms with Crippen LogP contribution >= 0.6 is 0 Å². The van der Waals surface area contributed by atoms with Gasteiger partial charge in [0.25, 0.3) is 5.91 Å². The van der Waals surface area contributed by atoms with Crippen LogP contribution in [0.1, 0.15) is 83.8 Å². The van der Waals surface area contributed by atoms with Gasteiger partial charge in [-0.25, -0.2) is 4.98 Å². The minimum Gasteiger partial charge on any atom is -0.445 e. The lowest BCUT2D eigenvalue weighted by Gasteiger charge is -2.27. The van der Waals surface area contributed by atoms with Gasteiger partial charge in [-0.2, -0.15) is 5.10 Å². The zero-order valence-corrected chi connectivity index (χ0v) is 15.6. The average Bonchev–Trinajstić information content (AvgIpc) is 3.47. The normalized spacial score (nSPS) is 23.6. The quantitative estimate of drug-likeness (QED) is 0.897. The van der Waals surface area contributed by atoms with E-state index in [2.05, 4.69) is 10.2 Å². The summed E-state index contributed by atoms with van der Waals surface area (Å²) in [6, 6.07) is 0. The molecule has 2 aromatic rings. The van der Waals surface area contributed by atoms with Crippen molar-refractivity contribution in [3.05, 3.63) is 34.8 Å². The third-order valence-corrected chi connectivity index (χ3v) is 6.22. The summed E-state index contributed by atoms with van der Waals surface area (Å²) in [5.74, 6) is 2.45. The van der Waals surface area contributed by atoms with Gasteiger partial charge in [0, 0.05) is 25.5 Å². The molecule has 1 amide bonds. The van der Waals surface area contributed by atoms with Crippen molar-refractivity contribution in [2.75, 3.05) is 19.8 Å². The van der Waals surface area contributed by atoms with Crippen molar-refractivity contribution in [1.82, 2.24) is 20.1 Å². The number of nitrogens with one attached hydrogen (secondary N) is 1. The predicted octanol–water partition coefficient (Wildman–Crippen LogP) is 3.15. The van der Waals surface area contributed by atoms with E-state index in [1.165, 1.54) is 19.3 Å². The summed E-state index contributed by atoms with van der Waals surface area (Å²) in [5.41, 5.74) is 2.66. The number of rotatable bonds is 3. The first-order valence-electron chi connectivity index (χ1n) is 10.2. The van der Waals surface area contributed by atoms with E-state index < -0.39 is 0 Å². The second-order valence-electron chi connectivity index (χ2n) is 7.99. The summed E-state index contributed by atoms with van der Waals surface area (Å²) < 4.78 is 11.4. The minimum absolute atomic E-state index is 0.0590. The fourth-order valence-corrected chi connectivity index (χ4v) is 4.64. The first-order valence-corrected chi connectivity index (χ1v) is 10.2. The largest absolute Gasteiger partial charge is 0.445 e. The molecule has 0 radical (unpaired) electrons. The number of ether oxygens (including phenoxy) is 1. The van der Waals surface area contributed by atoms with Crippen LogP contribution in [0.2, 0.25) is 0 Å². The SMILES string of the molecule is O=C(c1cn[nH]c1C1CCCCC1)N1CCc2oc(C3CCOC3)nc2C1. The number of fused-ring (bicyclic) bond motifs is 1. The van der Waals surface area contributed by atoms with Crippen LogP contribution in [0.3, 0.4) is 0 Å². The molecule has 0 bridgehead atoms. The van der Waals surface area contributed by atoms with Crippen molar-refractivity contribution in [3.63, 3.8) is 0 Å². The van der Waals surface area contributed by atoms with E-state index in [9.17, 15) is 4.79 Å². The molecule has 0 aromatic carbocycles. The summed E-state index contributed by atoms with van der Waals surface area (Å²) in [6.45, 7) is 2.63. The molecular weight excluding hydrogens is 344 g/mol. The van der Waals surface area contributed by atoms with Crippen LogP contribution in [0.4, 0.5) is 0 Å². The van der Waals surface area contributed by atoms with Gasteiger partial charge in [-0.05, 0) is 19.3 Å². The van der Waals surface area contributed by atoms with Gasteiger partial charge in [-0.15, -0.1) is 0 Å². The molecule has 4 heterocycles. The number of H-pyrrole nitrogens is 1. The van der Waals surface area contributed by atoms with Crippen molar-refractivity contribution < 1.29 is 13.9 Å². The van der Waals surface area contributed by atoms with Crippen LogP contribution in [0.15, 0.2) is 10.6 Å². The third-order valence-electron chi connectivity index (χ3n) is 6.22. The molecule has 1 atom stereocenters. The van der Waals surface area contributed by atoms with Gasteiger partial charge >= 0.3 is 0 Å². The monoisotopic (exact) mass is 370 g/mol. The molecule has 3 aliphatic rings. The summed E-state index contributed by atoms with van der Waals surface area (Å²) >= 11 is 0. The zero-order chi connectivity index (χ0) is 18.2. The van der Waals surface area contributed by atoms with E-state index in [0.29, 0.717) is 25.6 Å². The molecule has 144 valence electrons. The second-order valence-corrected chi connectivity index (χ2v) is 7.99. The molecule has 0 spiro atoms. The van der Waals surface area contributed by atoms with E-state index in [1.807, 2.05) is 4.90 Å². The first-order chi connectivity index (χ1) is 13.3. The Morgan fingerprint density at radius 1 is 1.19 bits per heavy atom. The molecule has 1 aliphatic carbocycles. The number of hydrogen-bond acceptors (Lipinski definition) is 5. The lowest BCUT2D eigenvalue weighted by molar-refractivity contribution is 0.0726. The summed E-state index contributed by atoms with van der Waals surface area (Å²) in [6.07, 6.45) is 9.43. The van der Waals surface area contributed by atoms with Crippen LogP contribution in [0.5, 0.6) is 0 Å². The minimum atomic E-state index is 0.0590. The van der Waals surface area contributed by atoms with E-state index >= 15 is 0 Å². The molecular formula is C20H26N4O3. The maximum Gasteiger partial charge on any atom is 0.257 e. The summed E-state index contributed by atoms with van der Waals surface area (Å²) in [4.78, 5) is 19.8. The molecule has 1 N–H and O–H groups in total. The van der Waals surface area contributed by atoms with E-state index in [-0.39, 0.29) is 11.8 Å². The molecule has 5 rings (SSSR count). The Bertz CT molecular complexity index is 815. The van der Waals surface area contributed by atoms with Gasteiger partial charge in [0.15, 0.2) is 5.89 Å². The maximum atomic E-state index is 13.2. The predicted molar refractivity (Wildman–Crippen MR) is 97.5 cm³/mol. The molecule has 2 fully saturated rings. The molecule has 27 heavy (non-hydrogen) atoms. The van der Waals surface area contributed by atoms with Gasteiger partial charge in [-0.3, -0.25) is 9.89 Å². The lowest BCUT2D eigenvalue weighted by Crippen LogP contribution is -2.36. The van der Waals surface area contributed by atoms with Crippen LogP contribution < -0.4 is 0 Å². The molecule has 1 saturated heterocycles. The molecule has 2 aromatic heterocycles. The standard InChI is InChI=1S/C20H26N4O3/c25-20(15-10-21-23-18(15)13-4-2-1-3-5-13)24-8-6-17-16(11-24)22-19(27-17)14-7-9-26-12-14/h10,13-14H,1-9,11-12H2,(H,21,23). The average molecular weight is 370 g/mol. The van der Waals surface area contributed by atoms with Crippen LogP contribution in [-0.2, 0) is 17.7 Å². The fraction of sp³-hybridized carbons (Fsp3) is 0.650. The van der Waals surface area contributed by atoms with Crippen LogP contribution in [0.25, 0.3) is 0 Å².